The van der Waals surface area contributed by atoms with Crippen LogP contribution in [0.3, 0.4) is 0 Å². The Balaban J connectivity index is 2.00. The Bertz CT molecular complexity index is 1150. The molecule has 0 fully saturated rings. The fraction of sp³-hybridized carbons (Fsp3) is 0.360. The summed E-state index contributed by atoms with van der Waals surface area (Å²) in [6.45, 7) is 8.40. The third kappa shape index (κ3) is 3.81. The minimum Gasteiger partial charge on any atom is -0.384 e. The van der Waals surface area contributed by atoms with Crippen LogP contribution in [-0.4, -0.2) is 11.5 Å². The van der Waals surface area contributed by atoms with Crippen molar-refractivity contribution >= 4 is 34.6 Å². The van der Waals surface area contributed by atoms with Crippen LogP contribution in [0, 0.1) is 23.7 Å². The Labute approximate surface area is 192 Å². The number of nitrogens with two attached hydrogens (primary N) is 1. The van der Waals surface area contributed by atoms with Crippen molar-refractivity contribution in [3.63, 3.8) is 0 Å². The van der Waals surface area contributed by atoms with E-state index in [9.17, 15) is 10.1 Å². The van der Waals surface area contributed by atoms with E-state index in [1.165, 1.54) is 0 Å². The van der Waals surface area contributed by atoms with E-state index in [1.807, 2.05) is 35.4 Å². The summed E-state index contributed by atoms with van der Waals surface area (Å²) in [5.41, 5.74) is 10.7. The summed E-state index contributed by atoms with van der Waals surface area (Å²) in [7, 11) is 0. The number of nitrogens with zero attached hydrogens (tertiary/aromatic N) is 2. The molecule has 1 atom stereocenters. The quantitative estimate of drug-likeness (QED) is 0.570. The van der Waals surface area contributed by atoms with E-state index in [0.29, 0.717) is 17.8 Å². The molecule has 0 saturated carbocycles. The molecule has 6 heteroatoms. The zero-order valence-corrected chi connectivity index (χ0v) is 20.0. The molecule has 4 nitrogen and oxygen atoms in total. The van der Waals surface area contributed by atoms with Gasteiger partial charge in [-0.25, -0.2) is 0 Å². The van der Waals surface area contributed by atoms with E-state index >= 15 is 0 Å². The number of rotatable bonds is 4. The maximum Gasteiger partial charge on any atom is 0.162 e. The van der Waals surface area contributed by atoms with Gasteiger partial charge in [-0.05, 0) is 53.7 Å². The third-order valence-corrected chi connectivity index (χ3v) is 7.93. The molecular weight excluding hydrogens is 422 g/mol. The zero-order chi connectivity index (χ0) is 22.3. The highest BCUT2D eigenvalue weighted by atomic mass is 32.2. The predicted octanol–water partition coefficient (Wildman–Crippen LogP) is 6.11. The molecule has 2 N–H and O–H groups in total. The van der Waals surface area contributed by atoms with Gasteiger partial charge in [0, 0.05) is 33.2 Å². The first-order chi connectivity index (χ1) is 14.8. The van der Waals surface area contributed by atoms with Gasteiger partial charge in [0.05, 0.1) is 17.6 Å². The molecule has 0 saturated heterocycles. The second-order valence-electron chi connectivity index (χ2n) is 8.90. The minimum absolute atomic E-state index is 0.120. The zero-order valence-electron chi connectivity index (χ0n) is 18.4. The molecular formula is C25H27N3OS2. The van der Waals surface area contributed by atoms with Crippen LogP contribution in [0.5, 0.6) is 0 Å². The van der Waals surface area contributed by atoms with Crippen LogP contribution in [0.4, 0.5) is 5.69 Å². The monoisotopic (exact) mass is 449 g/mol. The fourth-order valence-electron chi connectivity index (χ4n) is 4.63. The van der Waals surface area contributed by atoms with E-state index in [1.54, 1.807) is 23.1 Å². The summed E-state index contributed by atoms with van der Waals surface area (Å²) in [5, 5.41) is 12.2. The Morgan fingerprint density at radius 3 is 2.77 bits per heavy atom. The molecule has 1 unspecified atom stereocenters. The Morgan fingerprint density at radius 2 is 2.10 bits per heavy atom. The van der Waals surface area contributed by atoms with Gasteiger partial charge in [-0.3, -0.25) is 9.69 Å². The van der Waals surface area contributed by atoms with E-state index < -0.39 is 5.92 Å². The Hall–Kier alpha value is -2.49. The first kappa shape index (κ1) is 21.7. The van der Waals surface area contributed by atoms with Crippen molar-refractivity contribution in [3.05, 3.63) is 68.8 Å². The highest BCUT2D eigenvalue weighted by Gasteiger charge is 2.45. The second-order valence-corrected chi connectivity index (χ2v) is 11.2. The largest absolute Gasteiger partial charge is 0.384 e. The van der Waals surface area contributed by atoms with Crippen LogP contribution in [0.2, 0.25) is 0 Å². The number of ketones is 1. The van der Waals surface area contributed by atoms with E-state index in [-0.39, 0.29) is 11.2 Å². The minimum atomic E-state index is -0.390. The van der Waals surface area contributed by atoms with Crippen LogP contribution in [0.1, 0.15) is 50.0 Å². The maximum absolute atomic E-state index is 13.6. The normalized spacial score (nSPS) is 20.7. The van der Waals surface area contributed by atoms with Crippen LogP contribution in [-0.2, 0) is 4.79 Å². The molecule has 0 spiro atoms. The van der Waals surface area contributed by atoms with E-state index in [0.717, 1.165) is 44.5 Å². The SMILES string of the molecule is CCSc1ccsc1C1C(C#N)=C(N)N(c2cccc(C)c2)C2=C1C(=O)CC(C)(C)C2. The molecule has 1 aromatic carbocycles. The summed E-state index contributed by atoms with van der Waals surface area (Å²) in [6.07, 6.45) is 1.21. The molecule has 4 rings (SSSR count). The van der Waals surface area contributed by atoms with Crippen LogP contribution in [0.15, 0.2) is 63.3 Å². The molecule has 1 aromatic heterocycles. The average molecular weight is 450 g/mol. The van der Waals surface area contributed by atoms with Gasteiger partial charge in [0.1, 0.15) is 5.82 Å². The van der Waals surface area contributed by atoms with Gasteiger partial charge in [-0.2, -0.15) is 5.26 Å². The van der Waals surface area contributed by atoms with Gasteiger partial charge >= 0.3 is 0 Å². The summed E-state index contributed by atoms with van der Waals surface area (Å²) < 4.78 is 0. The molecule has 2 heterocycles. The van der Waals surface area contributed by atoms with Crippen molar-refractivity contribution in [2.75, 3.05) is 10.7 Å². The number of allylic oxidation sites excluding steroid dienone is 3. The highest BCUT2D eigenvalue weighted by Crippen LogP contribution is 2.52. The molecule has 160 valence electrons. The summed E-state index contributed by atoms with van der Waals surface area (Å²) in [5.74, 6) is 1.09. The highest BCUT2D eigenvalue weighted by molar-refractivity contribution is 7.99. The first-order valence-corrected chi connectivity index (χ1v) is 12.4. The van der Waals surface area contributed by atoms with Crippen LogP contribution in [0.25, 0.3) is 0 Å². The third-order valence-electron chi connectivity index (χ3n) is 5.86. The van der Waals surface area contributed by atoms with E-state index in [2.05, 4.69) is 39.0 Å². The van der Waals surface area contributed by atoms with Gasteiger partial charge in [0.15, 0.2) is 5.78 Å². The number of aryl methyl sites for hydroxylation is 1. The lowest BCUT2D eigenvalue weighted by atomic mass is 9.69. The van der Waals surface area contributed by atoms with Crippen molar-refractivity contribution in [1.82, 2.24) is 0 Å². The van der Waals surface area contributed by atoms with Gasteiger partial charge in [-0.1, -0.05) is 32.9 Å². The number of nitriles is 1. The van der Waals surface area contributed by atoms with Crippen LogP contribution < -0.4 is 10.6 Å². The van der Waals surface area contributed by atoms with Crippen molar-refractivity contribution in [1.29, 1.82) is 5.26 Å². The number of benzene rings is 1. The van der Waals surface area contributed by atoms with Gasteiger partial charge in [0.25, 0.3) is 0 Å². The fourth-order valence-corrected chi connectivity index (χ4v) is 6.68. The topological polar surface area (TPSA) is 70.1 Å². The molecule has 1 aliphatic heterocycles. The first-order valence-electron chi connectivity index (χ1n) is 10.5. The predicted molar refractivity (Wildman–Crippen MR) is 129 cm³/mol. The number of anilines is 1. The van der Waals surface area contributed by atoms with Crippen molar-refractivity contribution in [3.8, 4) is 6.07 Å². The Kier molecular flexibility index (Phi) is 5.76. The lowest BCUT2D eigenvalue weighted by Gasteiger charge is -2.43. The second kappa shape index (κ2) is 8.22. The van der Waals surface area contributed by atoms with Crippen molar-refractivity contribution in [2.45, 2.75) is 51.3 Å². The van der Waals surface area contributed by atoms with Crippen molar-refractivity contribution in [2.24, 2.45) is 11.1 Å². The molecule has 0 bridgehead atoms. The number of hydrogen-bond donors (Lipinski definition) is 1. The standard InChI is InChI=1S/C25H27N3OS2/c1-5-30-20-9-10-31-23(20)21-17(14-26)24(27)28(16-8-6-7-15(2)11-16)18-12-25(3,4)13-19(29)22(18)21/h6-11,21H,5,12-13,27H2,1-4H3. The number of carbonyl (C=O) groups excluding carboxylic acids is 1. The molecule has 31 heavy (non-hydrogen) atoms. The smallest absolute Gasteiger partial charge is 0.162 e. The lowest BCUT2D eigenvalue weighted by molar-refractivity contribution is -0.118. The molecule has 0 radical (unpaired) electrons. The van der Waals surface area contributed by atoms with Gasteiger partial charge in [-0.15, -0.1) is 23.1 Å². The number of carbonyl (C=O) groups is 1. The summed E-state index contributed by atoms with van der Waals surface area (Å²) in [6, 6.07) is 12.5. The number of thiophene rings is 1. The summed E-state index contributed by atoms with van der Waals surface area (Å²) >= 11 is 3.35. The Morgan fingerprint density at radius 1 is 1.32 bits per heavy atom. The molecule has 2 aliphatic rings. The molecule has 1 aliphatic carbocycles. The van der Waals surface area contributed by atoms with Gasteiger partial charge in [0.2, 0.25) is 0 Å². The molecule has 0 amide bonds. The van der Waals surface area contributed by atoms with Gasteiger partial charge < -0.3 is 5.73 Å². The number of thioether (sulfide) groups is 1. The molecule has 2 aromatic rings. The summed E-state index contributed by atoms with van der Waals surface area (Å²) in [4.78, 5) is 17.7. The average Bonchev–Trinajstić information content (AvgIpc) is 3.14. The van der Waals surface area contributed by atoms with Crippen LogP contribution >= 0.6 is 23.1 Å². The van der Waals surface area contributed by atoms with Crippen molar-refractivity contribution < 1.29 is 4.79 Å². The number of hydrogen-bond acceptors (Lipinski definition) is 6. The maximum atomic E-state index is 13.6. The van der Waals surface area contributed by atoms with E-state index in [4.69, 9.17) is 5.73 Å². The lowest BCUT2D eigenvalue weighted by Crippen LogP contribution is -2.42. The number of Topliss-reactive ketones (excluding diaryl/α,β-unsaturated/α-hetero) is 1.